The third-order valence-electron chi connectivity index (χ3n) is 4.17. The van der Waals surface area contributed by atoms with Crippen molar-refractivity contribution in [3.63, 3.8) is 0 Å². The molecule has 10 heteroatoms. The lowest BCUT2D eigenvalue weighted by molar-refractivity contribution is -0.142. The Labute approximate surface area is 152 Å². The van der Waals surface area contributed by atoms with Crippen molar-refractivity contribution in [3.05, 3.63) is 0 Å². The van der Waals surface area contributed by atoms with Crippen LogP contribution in [0, 0.1) is 5.92 Å². The summed E-state index contributed by atoms with van der Waals surface area (Å²) in [6.07, 6.45) is 1.50. The summed E-state index contributed by atoms with van der Waals surface area (Å²) in [6.45, 7) is 4.77. The molecule has 1 heterocycles. The highest BCUT2D eigenvalue weighted by Crippen LogP contribution is 2.06. The van der Waals surface area contributed by atoms with Crippen LogP contribution >= 0.6 is 0 Å². The molecule has 0 saturated carbocycles. The predicted octanol–water partition coefficient (Wildman–Crippen LogP) is -2.05. The first kappa shape index (κ1) is 21.8. The lowest BCUT2D eigenvalue weighted by atomic mass is 10.0. The fourth-order valence-corrected chi connectivity index (χ4v) is 2.53. The Balaban J connectivity index is 2.69. The lowest BCUT2D eigenvalue weighted by Crippen LogP contribution is -2.59. The minimum atomic E-state index is -1.20. The van der Waals surface area contributed by atoms with Gasteiger partial charge in [-0.25, -0.2) is 0 Å². The van der Waals surface area contributed by atoms with E-state index in [9.17, 15) is 24.3 Å². The molecule has 1 aliphatic rings. The van der Waals surface area contributed by atoms with Crippen LogP contribution in [-0.2, 0) is 19.2 Å². The van der Waals surface area contributed by atoms with Gasteiger partial charge in [-0.1, -0.05) is 13.8 Å². The Kier molecular flexibility index (Phi) is 8.46. The molecule has 0 aromatic heterocycles. The summed E-state index contributed by atoms with van der Waals surface area (Å²) >= 11 is 0. The molecule has 148 valence electrons. The van der Waals surface area contributed by atoms with E-state index in [0.29, 0.717) is 13.0 Å². The SMILES string of the molecule is CC(NC(=O)C(NC(=O)C(CO)NC(=O)C1CCCN1)C(C)C)C(=O)O. The molecule has 26 heavy (non-hydrogen) atoms. The second-order valence-corrected chi connectivity index (χ2v) is 6.69. The van der Waals surface area contributed by atoms with Crippen molar-refractivity contribution in [2.24, 2.45) is 5.92 Å². The van der Waals surface area contributed by atoms with Gasteiger partial charge in [-0.15, -0.1) is 0 Å². The zero-order valence-corrected chi connectivity index (χ0v) is 15.2. The van der Waals surface area contributed by atoms with E-state index in [2.05, 4.69) is 21.3 Å². The zero-order valence-electron chi connectivity index (χ0n) is 15.2. The Morgan fingerprint density at radius 1 is 1.08 bits per heavy atom. The molecule has 0 aromatic carbocycles. The van der Waals surface area contributed by atoms with Crippen LogP contribution in [-0.4, -0.2) is 71.2 Å². The minimum absolute atomic E-state index is 0.327. The van der Waals surface area contributed by atoms with Gasteiger partial charge in [-0.3, -0.25) is 19.2 Å². The highest BCUT2D eigenvalue weighted by atomic mass is 16.4. The van der Waals surface area contributed by atoms with Gasteiger partial charge in [-0.2, -0.15) is 0 Å². The van der Waals surface area contributed by atoms with Crippen LogP contribution < -0.4 is 21.3 Å². The van der Waals surface area contributed by atoms with Gasteiger partial charge in [-0.05, 0) is 32.2 Å². The topological polar surface area (TPSA) is 157 Å². The quantitative estimate of drug-likeness (QED) is 0.272. The van der Waals surface area contributed by atoms with E-state index >= 15 is 0 Å². The first-order valence-corrected chi connectivity index (χ1v) is 8.65. The number of hydrogen-bond acceptors (Lipinski definition) is 6. The molecule has 3 amide bonds. The molecule has 1 saturated heterocycles. The van der Waals surface area contributed by atoms with Gasteiger partial charge < -0.3 is 31.5 Å². The average molecular weight is 372 g/mol. The molecule has 1 aliphatic heterocycles. The van der Waals surface area contributed by atoms with E-state index in [1.165, 1.54) is 6.92 Å². The minimum Gasteiger partial charge on any atom is -0.480 e. The number of amides is 3. The number of aliphatic carboxylic acids is 1. The second kappa shape index (κ2) is 10.1. The number of hydrogen-bond donors (Lipinski definition) is 6. The first-order chi connectivity index (χ1) is 12.2. The number of carbonyl (C=O) groups is 4. The third-order valence-corrected chi connectivity index (χ3v) is 4.17. The maximum Gasteiger partial charge on any atom is 0.325 e. The van der Waals surface area contributed by atoms with E-state index in [1.54, 1.807) is 13.8 Å². The van der Waals surface area contributed by atoms with Crippen LogP contribution in [0.5, 0.6) is 0 Å². The van der Waals surface area contributed by atoms with E-state index in [4.69, 9.17) is 5.11 Å². The molecule has 0 aromatic rings. The summed E-state index contributed by atoms with van der Waals surface area (Å²) in [4.78, 5) is 47.5. The van der Waals surface area contributed by atoms with Crippen LogP contribution in [0.3, 0.4) is 0 Å². The summed E-state index contributed by atoms with van der Waals surface area (Å²) < 4.78 is 0. The molecule has 4 atom stereocenters. The van der Waals surface area contributed by atoms with Gasteiger partial charge in [0.2, 0.25) is 17.7 Å². The van der Waals surface area contributed by atoms with Crippen molar-refractivity contribution < 1.29 is 29.4 Å². The van der Waals surface area contributed by atoms with Crippen molar-refractivity contribution in [2.45, 2.75) is 57.8 Å². The van der Waals surface area contributed by atoms with Crippen molar-refractivity contribution in [1.29, 1.82) is 0 Å². The van der Waals surface area contributed by atoms with Gasteiger partial charge >= 0.3 is 5.97 Å². The first-order valence-electron chi connectivity index (χ1n) is 8.65. The Morgan fingerprint density at radius 3 is 2.19 bits per heavy atom. The highest BCUT2D eigenvalue weighted by Gasteiger charge is 2.31. The van der Waals surface area contributed by atoms with Crippen molar-refractivity contribution in [3.8, 4) is 0 Å². The molecule has 0 radical (unpaired) electrons. The summed E-state index contributed by atoms with van der Waals surface area (Å²) in [7, 11) is 0. The Bertz CT molecular complexity index is 533. The molecule has 6 N–H and O–H groups in total. The molecule has 10 nitrogen and oxygen atoms in total. The molecular weight excluding hydrogens is 344 g/mol. The molecule has 0 spiro atoms. The van der Waals surface area contributed by atoms with Crippen LogP contribution in [0.15, 0.2) is 0 Å². The lowest BCUT2D eigenvalue weighted by Gasteiger charge is -2.25. The number of carboxylic acid groups (broad SMARTS) is 1. The molecule has 0 bridgehead atoms. The number of rotatable bonds is 9. The number of nitrogens with one attached hydrogen (secondary N) is 4. The van der Waals surface area contributed by atoms with Crippen LogP contribution in [0.1, 0.15) is 33.6 Å². The predicted molar refractivity (Wildman–Crippen MR) is 92.1 cm³/mol. The Morgan fingerprint density at radius 2 is 1.73 bits per heavy atom. The molecular formula is C16H28N4O6. The number of carbonyl (C=O) groups excluding carboxylic acids is 3. The van der Waals surface area contributed by atoms with Gasteiger partial charge in [0.25, 0.3) is 0 Å². The van der Waals surface area contributed by atoms with Gasteiger partial charge in [0.1, 0.15) is 18.1 Å². The van der Waals surface area contributed by atoms with Crippen LogP contribution in [0.25, 0.3) is 0 Å². The zero-order chi connectivity index (χ0) is 19.9. The summed E-state index contributed by atoms with van der Waals surface area (Å²) in [6, 6.07) is -3.71. The number of aliphatic hydroxyl groups excluding tert-OH is 1. The fourth-order valence-electron chi connectivity index (χ4n) is 2.53. The van der Waals surface area contributed by atoms with Gasteiger partial charge in [0.15, 0.2) is 0 Å². The summed E-state index contributed by atoms with van der Waals surface area (Å²) in [5.74, 6) is -3.27. The van der Waals surface area contributed by atoms with Gasteiger partial charge in [0, 0.05) is 0 Å². The van der Waals surface area contributed by atoms with Crippen molar-refractivity contribution >= 4 is 23.7 Å². The normalized spacial score (nSPS) is 20.1. The highest BCUT2D eigenvalue weighted by molar-refractivity contribution is 5.94. The van der Waals surface area contributed by atoms with Crippen molar-refractivity contribution in [1.82, 2.24) is 21.3 Å². The van der Waals surface area contributed by atoms with Crippen LogP contribution in [0.4, 0.5) is 0 Å². The largest absolute Gasteiger partial charge is 0.480 e. The molecule has 1 rings (SSSR count). The second-order valence-electron chi connectivity index (χ2n) is 6.69. The molecule has 1 fully saturated rings. The van der Waals surface area contributed by atoms with Crippen LogP contribution in [0.2, 0.25) is 0 Å². The van der Waals surface area contributed by atoms with Gasteiger partial charge in [0.05, 0.1) is 12.6 Å². The van der Waals surface area contributed by atoms with E-state index in [0.717, 1.165) is 6.42 Å². The number of aliphatic hydroxyl groups is 1. The third kappa shape index (κ3) is 6.26. The summed E-state index contributed by atoms with van der Waals surface area (Å²) in [5.41, 5.74) is 0. The maximum atomic E-state index is 12.4. The monoisotopic (exact) mass is 372 g/mol. The Hall–Kier alpha value is -2.20. The van der Waals surface area contributed by atoms with E-state index in [-0.39, 0.29) is 11.8 Å². The molecule has 0 aliphatic carbocycles. The standard InChI is InChI=1S/C16H28N4O6/c1-8(2)12(15(24)18-9(3)16(25)26)20-14(23)11(7-21)19-13(22)10-5-4-6-17-10/h8-12,17,21H,4-7H2,1-3H3,(H,18,24)(H,19,22)(H,20,23)(H,25,26). The fraction of sp³-hybridized carbons (Fsp3) is 0.750. The average Bonchev–Trinajstić information content (AvgIpc) is 3.11. The number of carboxylic acids is 1. The molecule has 4 unspecified atom stereocenters. The summed E-state index contributed by atoms with van der Waals surface area (Å²) in [5, 5.41) is 28.5. The van der Waals surface area contributed by atoms with Crippen molar-refractivity contribution in [2.75, 3.05) is 13.2 Å². The van der Waals surface area contributed by atoms with E-state index in [1.807, 2.05) is 0 Å². The smallest absolute Gasteiger partial charge is 0.325 e. The van der Waals surface area contributed by atoms with E-state index < -0.39 is 48.6 Å². The maximum absolute atomic E-state index is 12.4.